The number of hydrogen-bond acceptors (Lipinski definition) is 5. The number of imide groups is 1. The minimum Gasteiger partial charge on any atom is -0.435 e. The molecule has 1 unspecified atom stereocenters. The lowest BCUT2D eigenvalue weighted by Crippen LogP contribution is -2.41. The van der Waals surface area contributed by atoms with Gasteiger partial charge in [-0.05, 0) is 48.9 Å². The summed E-state index contributed by atoms with van der Waals surface area (Å²) in [7, 11) is 0. The number of Topliss-reactive ketones (excluding diaryl/α,β-unsaturated/α-hetero) is 1. The average molecular weight is 417 g/mol. The molecule has 0 spiro atoms. The molecule has 1 aliphatic rings. The molecule has 2 aromatic carbocycles. The van der Waals surface area contributed by atoms with Crippen LogP contribution in [0.4, 0.5) is 13.6 Å². The van der Waals surface area contributed by atoms with Crippen LogP contribution < -0.4 is 15.8 Å². The lowest BCUT2D eigenvalue weighted by molar-refractivity contribution is -0.130. The number of nitrogens with zero attached hydrogens (tertiary/aromatic N) is 1. The van der Waals surface area contributed by atoms with E-state index in [1.54, 1.807) is 6.07 Å². The molecule has 0 aromatic heterocycles. The first-order valence-electron chi connectivity index (χ1n) is 8.74. The molecule has 30 heavy (non-hydrogen) atoms. The number of ether oxygens (including phenoxy) is 1. The van der Waals surface area contributed by atoms with Gasteiger partial charge in [-0.15, -0.1) is 0 Å². The van der Waals surface area contributed by atoms with Crippen molar-refractivity contribution >= 4 is 23.6 Å². The topological polar surface area (TPSA) is 119 Å². The van der Waals surface area contributed by atoms with Crippen molar-refractivity contribution < 1.29 is 32.7 Å². The number of rotatable bonds is 7. The minimum absolute atomic E-state index is 0.113. The molecule has 0 radical (unpaired) electrons. The largest absolute Gasteiger partial charge is 0.435 e. The number of carbonyl (C=O) groups excluding carboxylic acids is 4. The smallest absolute Gasteiger partial charge is 0.387 e. The molecule has 8 nitrogen and oxygen atoms in total. The van der Waals surface area contributed by atoms with E-state index in [0.29, 0.717) is 5.56 Å². The number of alkyl halides is 2. The zero-order chi connectivity index (χ0) is 22.1. The first kappa shape index (κ1) is 20.9. The third kappa shape index (κ3) is 3.97. The zero-order valence-corrected chi connectivity index (χ0v) is 15.7. The van der Waals surface area contributed by atoms with Crippen LogP contribution in [-0.4, -0.2) is 41.7 Å². The number of carbonyl (C=O) groups is 4. The lowest BCUT2D eigenvalue weighted by Gasteiger charge is -2.22. The fraction of sp³-hybridized carbons (Fsp3) is 0.200. The third-order valence-electron chi connectivity index (χ3n) is 4.70. The maximum atomic E-state index is 12.9. The Morgan fingerprint density at radius 2 is 1.80 bits per heavy atom. The van der Waals surface area contributed by atoms with Crippen LogP contribution in [0.25, 0.3) is 0 Å². The molecule has 0 bridgehead atoms. The van der Waals surface area contributed by atoms with Crippen molar-refractivity contribution in [3.63, 3.8) is 0 Å². The van der Waals surface area contributed by atoms with Crippen molar-refractivity contribution in [2.24, 2.45) is 5.73 Å². The Morgan fingerprint density at radius 1 is 1.13 bits per heavy atom. The second-order valence-corrected chi connectivity index (χ2v) is 6.72. The molecular formula is C20H17F2N3O5. The Morgan fingerprint density at radius 3 is 2.40 bits per heavy atom. The summed E-state index contributed by atoms with van der Waals surface area (Å²) in [6.45, 7) is -2.10. The van der Waals surface area contributed by atoms with E-state index in [1.165, 1.54) is 49.4 Å². The molecule has 10 heteroatoms. The summed E-state index contributed by atoms with van der Waals surface area (Å²) in [5.74, 6) is -2.07. The molecule has 3 rings (SSSR count). The van der Waals surface area contributed by atoms with E-state index >= 15 is 0 Å². The van der Waals surface area contributed by atoms with Gasteiger partial charge in [0.1, 0.15) is 11.3 Å². The van der Waals surface area contributed by atoms with Crippen molar-refractivity contribution in [3.8, 4) is 5.75 Å². The quantitative estimate of drug-likeness (QED) is 0.528. The summed E-state index contributed by atoms with van der Waals surface area (Å²) in [6, 6.07) is 10.1. The SMILES string of the molecule is CC1(c2cccc(C(N)=O)c2)NC(=O)N(CC(=O)c2ccc(OC(F)F)cc2)C1=O. The molecule has 1 fully saturated rings. The molecule has 1 heterocycles. The second kappa shape index (κ2) is 7.90. The van der Waals surface area contributed by atoms with Crippen molar-refractivity contribution in [2.45, 2.75) is 19.1 Å². The Bertz CT molecular complexity index is 1030. The van der Waals surface area contributed by atoms with Crippen LogP contribution in [0.1, 0.15) is 33.2 Å². The monoisotopic (exact) mass is 417 g/mol. The Kier molecular flexibility index (Phi) is 5.50. The molecule has 4 amide bonds. The molecule has 2 aromatic rings. The van der Waals surface area contributed by atoms with Crippen LogP contribution in [-0.2, 0) is 10.3 Å². The van der Waals surface area contributed by atoms with Crippen LogP contribution in [0.2, 0.25) is 0 Å². The number of amides is 4. The highest BCUT2D eigenvalue weighted by Crippen LogP contribution is 2.29. The number of urea groups is 1. The molecule has 3 N–H and O–H groups in total. The highest BCUT2D eigenvalue weighted by atomic mass is 19.3. The molecule has 1 aliphatic heterocycles. The van der Waals surface area contributed by atoms with E-state index in [-0.39, 0.29) is 16.9 Å². The van der Waals surface area contributed by atoms with E-state index in [4.69, 9.17) is 5.73 Å². The van der Waals surface area contributed by atoms with Gasteiger partial charge < -0.3 is 15.8 Å². The molecule has 0 aliphatic carbocycles. The Hall–Kier alpha value is -3.82. The van der Waals surface area contributed by atoms with Gasteiger partial charge in [-0.3, -0.25) is 19.3 Å². The van der Waals surface area contributed by atoms with Crippen LogP contribution in [0.15, 0.2) is 48.5 Å². The molecule has 1 saturated heterocycles. The number of ketones is 1. The van der Waals surface area contributed by atoms with Gasteiger partial charge in [0.2, 0.25) is 5.91 Å². The van der Waals surface area contributed by atoms with Gasteiger partial charge in [0, 0.05) is 11.1 Å². The predicted molar refractivity (Wildman–Crippen MR) is 100.0 cm³/mol. The van der Waals surface area contributed by atoms with E-state index in [1.807, 2.05) is 0 Å². The maximum absolute atomic E-state index is 12.9. The number of hydrogen-bond donors (Lipinski definition) is 2. The van der Waals surface area contributed by atoms with E-state index in [0.717, 1.165) is 4.90 Å². The molecule has 0 saturated carbocycles. The van der Waals surface area contributed by atoms with Gasteiger partial charge in [0.25, 0.3) is 5.91 Å². The van der Waals surface area contributed by atoms with Crippen LogP contribution in [0.3, 0.4) is 0 Å². The van der Waals surface area contributed by atoms with Crippen molar-refractivity contribution in [1.29, 1.82) is 0 Å². The lowest BCUT2D eigenvalue weighted by atomic mass is 9.90. The summed E-state index contributed by atoms with van der Waals surface area (Å²) in [5, 5.41) is 2.53. The Labute approximate surface area is 169 Å². The van der Waals surface area contributed by atoms with E-state index < -0.39 is 42.3 Å². The van der Waals surface area contributed by atoms with Crippen molar-refractivity contribution in [1.82, 2.24) is 10.2 Å². The number of halogens is 2. The fourth-order valence-electron chi connectivity index (χ4n) is 3.08. The third-order valence-corrected chi connectivity index (χ3v) is 4.70. The summed E-state index contributed by atoms with van der Waals surface area (Å²) in [6.07, 6.45) is 0. The highest BCUT2D eigenvalue weighted by Gasteiger charge is 2.49. The maximum Gasteiger partial charge on any atom is 0.387 e. The average Bonchev–Trinajstić information content (AvgIpc) is 2.92. The zero-order valence-electron chi connectivity index (χ0n) is 15.7. The minimum atomic E-state index is -3.00. The van der Waals surface area contributed by atoms with E-state index in [9.17, 15) is 28.0 Å². The Balaban J connectivity index is 1.78. The molecule has 1 atom stereocenters. The van der Waals surface area contributed by atoms with Crippen LogP contribution >= 0.6 is 0 Å². The first-order valence-corrected chi connectivity index (χ1v) is 8.74. The fourth-order valence-corrected chi connectivity index (χ4v) is 3.08. The van der Waals surface area contributed by atoms with Gasteiger partial charge in [-0.2, -0.15) is 8.78 Å². The first-order chi connectivity index (χ1) is 14.1. The predicted octanol–water partition coefficient (Wildman–Crippen LogP) is 2.04. The molecular weight excluding hydrogens is 400 g/mol. The van der Waals surface area contributed by atoms with Gasteiger partial charge in [0.05, 0.1) is 6.54 Å². The van der Waals surface area contributed by atoms with Crippen molar-refractivity contribution in [3.05, 3.63) is 65.2 Å². The van der Waals surface area contributed by atoms with Crippen molar-refractivity contribution in [2.75, 3.05) is 6.54 Å². The van der Waals surface area contributed by atoms with Crippen LogP contribution in [0, 0.1) is 0 Å². The van der Waals surface area contributed by atoms with Gasteiger partial charge in [0.15, 0.2) is 5.78 Å². The summed E-state index contributed by atoms with van der Waals surface area (Å²) in [5.41, 5.74) is 4.39. The van der Waals surface area contributed by atoms with Gasteiger partial charge in [-0.25, -0.2) is 4.79 Å². The number of benzene rings is 2. The normalized spacial score (nSPS) is 18.5. The number of primary amides is 1. The summed E-state index contributed by atoms with van der Waals surface area (Å²) >= 11 is 0. The van der Waals surface area contributed by atoms with Crippen LogP contribution in [0.5, 0.6) is 5.75 Å². The van der Waals surface area contributed by atoms with Gasteiger partial charge >= 0.3 is 12.6 Å². The van der Waals surface area contributed by atoms with E-state index in [2.05, 4.69) is 10.1 Å². The summed E-state index contributed by atoms with van der Waals surface area (Å²) in [4.78, 5) is 50.0. The second-order valence-electron chi connectivity index (χ2n) is 6.72. The number of nitrogens with two attached hydrogens (primary N) is 1. The summed E-state index contributed by atoms with van der Waals surface area (Å²) < 4.78 is 28.6. The highest BCUT2D eigenvalue weighted by molar-refractivity contribution is 6.11. The molecule has 156 valence electrons. The standard InChI is InChI=1S/C20H17F2N3O5/c1-20(13-4-2-3-12(9-13)16(23)27)17(28)25(19(29)24-20)10-15(26)11-5-7-14(8-6-11)30-18(21)22/h2-9,18H,10H2,1H3,(H2,23,27)(H,24,29). The van der Waals surface area contributed by atoms with Gasteiger partial charge in [-0.1, -0.05) is 12.1 Å². The number of nitrogens with one attached hydrogen (secondary N) is 1.